The van der Waals surface area contributed by atoms with Crippen molar-refractivity contribution in [2.45, 2.75) is 13.0 Å². The lowest BCUT2D eigenvalue weighted by Gasteiger charge is -2.33. The Hall–Kier alpha value is -1.78. The first-order valence-corrected chi connectivity index (χ1v) is 7.36. The van der Waals surface area contributed by atoms with Crippen LogP contribution in [0.1, 0.15) is 6.92 Å². The number of rotatable bonds is 3. The SMILES string of the molecule is C[C@H]1CNCCN1C(=O)COc1ccc2ccccc2c1.Cl. The standard InChI is InChI=1S/C17H20N2O2.ClH/c1-13-11-18-8-9-19(13)17(20)12-21-16-7-6-14-4-2-3-5-15(14)10-16;/h2-7,10,13,18H,8-9,11-12H2,1H3;1H/t13-;/m0./s1. The van der Waals surface area contributed by atoms with Gasteiger partial charge < -0.3 is 15.0 Å². The number of fused-ring (bicyclic) bond motifs is 1. The topological polar surface area (TPSA) is 41.6 Å². The summed E-state index contributed by atoms with van der Waals surface area (Å²) in [6.45, 7) is 4.61. The van der Waals surface area contributed by atoms with Crippen LogP contribution in [-0.4, -0.2) is 43.1 Å². The highest BCUT2D eigenvalue weighted by Gasteiger charge is 2.23. The van der Waals surface area contributed by atoms with Crippen LogP contribution in [-0.2, 0) is 4.79 Å². The number of hydrogen-bond acceptors (Lipinski definition) is 3. The minimum atomic E-state index is 0. The Balaban J connectivity index is 0.00000176. The monoisotopic (exact) mass is 320 g/mol. The first kappa shape index (κ1) is 16.6. The molecule has 0 unspecified atom stereocenters. The number of hydrogen-bond donors (Lipinski definition) is 1. The van der Waals surface area contributed by atoms with E-state index >= 15 is 0 Å². The van der Waals surface area contributed by atoms with Crippen LogP contribution in [0.4, 0.5) is 0 Å². The van der Waals surface area contributed by atoms with Gasteiger partial charge in [0.05, 0.1) is 0 Å². The average Bonchev–Trinajstić information content (AvgIpc) is 2.53. The van der Waals surface area contributed by atoms with Gasteiger partial charge in [-0.2, -0.15) is 0 Å². The zero-order chi connectivity index (χ0) is 14.7. The second-order valence-electron chi connectivity index (χ2n) is 5.44. The molecule has 22 heavy (non-hydrogen) atoms. The van der Waals surface area contributed by atoms with Gasteiger partial charge in [0.2, 0.25) is 0 Å². The van der Waals surface area contributed by atoms with E-state index in [-0.39, 0.29) is 31.0 Å². The molecule has 1 aliphatic rings. The number of benzene rings is 2. The van der Waals surface area contributed by atoms with Gasteiger partial charge in [0.1, 0.15) is 5.75 Å². The summed E-state index contributed by atoms with van der Waals surface area (Å²) >= 11 is 0. The third-order valence-electron chi connectivity index (χ3n) is 3.90. The molecule has 0 bridgehead atoms. The van der Waals surface area contributed by atoms with Crippen molar-refractivity contribution >= 4 is 29.1 Å². The molecule has 0 radical (unpaired) electrons. The molecule has 1 N–H and O–H groups in total. The van der Waals surface area contributed by atoms with Crippen LogP contribution in [0, 0.1) is 0 Å². The molecule has 118 valence electrons. The predicted octanol–water partition coefficient (Wildman–Crippen LogP) is 2.46. The minimum absolute atomic E-state index is 0. The van der Waals surface area contributed by atoms with Gasteiger partial charge in [-0.1, -0.05) is 30.3 Å². The fourth-order valence-electron chi connectivity index (χ4n) is 2.70. The third kappa shape index (κ3) is 3.70. The van der Waals surface area contributed by atoms with E-state index in [0.717, 1.165) is 30.8 Å². The summed E-state index contributed by atoms with van der Waals surface area (Å²) in [5.74, 6) is 0.794. The summed E-state index contributed by atoms with van der Waals surface area (Å²) in [4.78, 5) is 14.1. The second-order valence-corrected chi connectivity index (χ2v) is 5.44. The number of nitrogens with zero attached hydrogens (tertiary/aromatic N) is 1. The van der Waals surface area contributed by atoms with Crippen LogP contribution in [0.3, 0.4) is 0 Å². The van der Waals surface area contributed by atoms with Crippen LogP contribution >= 0.6 is 12.4 Å². The molecule has 3 rings (SSSR count). The molecule has 0 aliphatic carbocycles. The van der Waals surface area contributed by atoms with Crippen molar-refractivity contribution in [3.63, 3.8) is 0 Å². The summed E-state index contributed by atoms with van der Waals surface area (Å²) in [5, 5.41) is 5.57. The Kier molecular flexibility index (Phi) is 5.63. The molecular weight excluding hydrogens is 300 g/mol. The summed E-state index contributed by atoms with van der Waals surface area (Å²) in [7, 11) is 0. The number of amides is 1. The maximum Gasteiger partial charge on any atom is 0.260 e. The number of halogens is 1. The number of carbonyl (C=O) groups excluding carboxylic acids is 1. The Morgan fingerprint density at radius 2 is 2.05 bits per heavy atom. The molecule has 0 aromatic heterocycles. The lowest BCUT2D eigenvalue weighted by molar-refractivity contribution is -0.136. The molecule has 2 aromatic carbocycles. The number of ether oxygens (including phenoxy) is 1. The van der Waals surface area contributed by atoms with Crippen molar-refractivity contribution < 1.29 is 9.53 Å². The van der Waals surface area contributed by atoms with Gasteiger partial charge in [-0.05, 0) is 29.8 Å². The normalized spacial score (nSPS) is 17.9. The molecule has 4 nitrogen and oxygen atoms in total. The molecule has 0 saturated carbocycles. The molecule has 2 aromatic rings. The van der Waals surface area contributed by atoms with E-state index in [0.29, 0.717) is 0 Å². The Morgan fingerprint density at radius 3 is 2.82 bits per heavy atom. The van der Waals surface area contributed by atoms with Gasteiger partial charge in [0.25, 0.3) is 5.91 Å². The summed E-state index contributed by atoms with van der Waals surface area (Å²) in [5.41, 5.74) is 0. The van der Waals surface area contributed by atoms with E-state index in [1.807, 2.05) is 41.3 Å². The minimum Gasteiger partial charge on any atom is -0.484 e. The van der Waals surface area contributed by atoms with Gasteiger partial charge in [-0.25, -0.2) is 0 Å². The van der Waals surface area contributed by atoms with Crippen LogP contribution in [0.15, 0.2) is 42.5 Å². The average molecular weight is 321 g/mol. The predicted molar refractivity (Wildman–Crippen MR) is 90.7 cm³/mol. The van der Waals surface area contributed by atoms with E-state index < -0.39 is 0 Å². The molecule has 5 heteroatoms. The summed E-state index contributed by atoms with van der Waals surface area (Å²) < 4.78 is 5.67. The second kappa shape index (κ2) is 7.47. The smallest absolute Gasteiger partial charge is 0.260 e. The zero-order valence-corrected chi connectivity index (χ0v) is 13.4. The van der Waals surface area contributed by atoms with Crippen molar-refractivity contribution in [1.82, 2.24) is 10.2 Å². The molecule has 1 fully saturated rings. The summed E-state index contributed by atoms with van der Waals surface area (Å²) in [6, 6.07) is 14.3. The van der Waals surface area contributed by atoms with Crippen LogP contribution < -0.4 is 10.1 Å². The highest BCUT2D eigenvalue weighted by atomic mass is 35.5. The lowest BCUT2D eigenvalue weighted by atomic mass is 10.1. The Bertz CT molecular complexity index is 647. The molecule has 1 atom stereocenters. The molecule has 1 amide bonds. The van der Waals surface area contributed by atoms with Crippen molar-refractivity contribution in [2.24, 2.45) is 0 Å². The molecule has 1 saturated heterocycles. The zero-order valence-electron chi connectivity index (χ0n) is 12.6. The third-order valence-corrected chi connectivity index (χ3v) is 3.90. The van der Waals surface area contributed by atoms with Crippen molar-refractivity contribution in [3.8, 4) is 5.75 Å². The number of nitrogens with one attached hydrogen (secondary N) is 1. The van der Waals surface area contributed by atoms with Gasteiger partial charge >= 0.3 is 0 Å². The Labute approximate surface area is 136 Å². The maximum atomic E-state index is 12.2. The van der Waals surface area contributed by atoms with Gasteiger partial charge in [-0.3, -0.25) is 4.79 Å². The first-order chi connectivity index (χ1) is 10.2. The lowest BCUT2D eigenvalue weighted by Crippen LogP contribution is -2.53. The van der Waals surface area contributed by atoms with E-state index in [1.54, 1.807) is 0 Å². The van der Waals surface area contributed by atoms with E-state index in [9.17, 15) is 4.79 Å². The van der Waals surface area contributed by atoms with E-state index in [4.69, 9.17) is 4.74 Å². The van der Waals surface area contributed by atoms with Crippen molar-refractivity contribution in [1.29, 1.82) is 0 Å². The molecule has 1 heterocycles. The molecule has 0 spiro atoms. The maximum absolute atomic E-state index is 12.2. The van der Waals surface area contributed by atoms with Crippen molar-refractivity contribution in [3.05, 3.63) is 42.5 Å². The highest BCUT2D eigenvalue weighted by Crippen LogP contribution is 2.20. The van der Waals surface area contributed by atoms with Gasteiger partial charge in [0.15, 0.2) is 6.61 Å². The largest absolute Gasteiger partial charge is 0.484 e. The van der Waals surface area contributed by atoms with E-state index in [2.05, 4.69) is 18.3 Å². The van der Waals surface area contributed by atoms with Gasteiger partial charge in [-0.15, -0.1) is 12.4 Å². The fraction of sp³-hybridized carbons (Fsp3) is 0.353. The number of piperazine rings is 1. The fourth-order valence-corrected chi connectivity index (χ4v) is 2.70. The highest BCUT2D eigenvalue weighted by molar-refractivity contribution is 5.85. The van der Waals surface area contributed by atoms with Crippen LogP contribution in [0.25, 0.3) is 10.8 Å². The van der Waals surface area contributed by atoms with Gasteiger partial charge in [0, 0.05) is 25.7 Å². The number of carbonyl (C=O) groups is 1. The first-order valence-electron chi connectivity index (χ1n) is 7.36. The van der Waals surface area contributed by atoms with Crippen LogP contribution in [0.5, 0.6) is 5.75 Å². The molecular formula is C17H21ClN2O2. The van der Waals surface area contributed by atoms with Crippen LogP contribution in [0.2, 0.25) is 0 Å². The Morgan fingerprint density at radius 1 is 1.27 bits per heavy atom. The van der Waals surface area contributed by atoms with E-state index in [1.165, 1.54) is 5.39 Å². The summed E-state index contributed by atoms with van der Waals surface area (Å²) in [6.07, 6.45) is 0. The molecule has 1 aliphatic heterocycles. The van der Waals surface area contributed by atoms with Crippen molar-refractivity contribution in [2.75, 3.05) is 26.2 Å². The quantitative estimate of drug-likeness (QED) is 0.944.